The summed E-state index contributed by atoms with van der Waals surface area (Å²) in [5, 5.41) is 27.1. The minimum Gasteiger partial charge on any atom is -0.478 e. The van der Waals surface area contributed by atoms with Gasteiger partial charge in [-0.25, -0.2) is 14.4 Å². The van der Waals surface area contributed by atoms with Crippen molar-refractivity contribution in [2.45, 2.75) is 33.6 Å². The Morgan fingerprint density at radius 3 is 1.95 bits per heavy atom. The first-order valence-corrected chi connectivity index (χ1v) is 6.43. The summed E-state index contributed by atoms with van der Waals surface area (Å²) in [6, 6.07) is 0. The van der Waals surface area contributed by atoms with E-state index < -0.39 is 23.8 Å². The van der Waals surface area contributed by atoms with E-state index in [-0.39, 0.29) is 16.7 Å². The summed E-state index contributed by atoms with van der Waals surface area (Å²) in [4.78, 5) is 33.2. The third kappa shape index (κ3) is 5.25. The van der Waals surface area contributed by atoms with Crippen LogP contribution in [-0.2, 0) is 14.4 Å². The van der Waals surface area contributed by atoms with E-state index in [1.54, 1.807) is 6.92 Å². The Bertz CT molecular complexity index is 524. The fourth-order valence-corrected chi connectivity index (χ4v) is 1.82. The Morgan fingerprint density at radius 2 is 1.62 bits per heavy atom. The van der Waals surface area contributed by atoms with Crippen molar-refractivity contribution < 1.29 is 29.7 Å². The fourth-order valence-electron chi connectivity index (χ4n) is 1.82. The molecule has 0 amide bonds. The highest BCUT2D eigenvalue weighted by Crippen LogP contribution is 2.27. The molecule has 0 aromatic rings. The maximum absolute atomic E-state index is 11.4. The van der Waals surface area contributed by atoms with Crippen molar-refractivity contribution in [1.82, 2.24) is 0 Å². The zero-order chi connectivity index (χ0) is 16.7. The van der Waals surface area contributed by atoms with Crippen molar-refractivity contribution in [3.63, 3.8) is 0 Å². The maximum Gasteiger partial charge on any atom is 0.335 e. The zero-order valence-corrected chi connectivity index (χ0v) is 12.3. The monoisotopic (exact) mass is 296 g/mol. The lowest BCUT2D eigenvalue weighted by molar-refractivity contribution is -0.134. The molecule has 0 heterocycles. The van der Waals surface area contributed by atoms with E-state index in [1.165, 1.54) is 6.92 Å². The molecule has 1 atom stereocenters. The van der Waals surface area contributed by atoms with Gasteiger partial charge in [-0.15, -0.1) is 0 Å². The number of rotatable bonds is 8. The first-order valence-electron chi connectivity index (χ1n) is 6.43. The number of carbonyl (C=O) groups is 3. The van der Waals surface area contributed by atoms with Crippen LogP contribution in [0.15, 0.2) is 34.9 Å². The highest BCUT2D eigenvalue weighted by molar-refractivity contribution is 5.96. The van der Waals surface area contributed by atoms with Gasteiger partial charge in [-0.2, -0.15) is 0 Å². The molecule has 0 radical (unpaired) electrons. The Balaban J connectivity index is 6.06. The first kappa shape index (κ1) is 18.6. The average molecular weight is 296 g/mol. The quantitative estimate of drug-likeness (QED) is 0.468. The van der Waals surface area contributed by atoms with Crippen LogP contribution in [0.2, 0.25) is 0 Å². The Hall–Kier alpha value is -2.37. The van der Waals surface area contributed by atoms with Gasteiger partial charge in [-0.05, 0) is 25.0 Å². The van der Waals surface area contributed by atoms with Crippen molar-refractivity contribution in [3.05, 3.63) is 34.9 Å². The maximum atomic E-state index is 11.4. The van der Waals surface area contributed by atoms with Gasteiger partial charge < -0.3 is 15.3 Å². The predicted octanol–water partition coefficient (Wildman–Crippen LogP) is 2.48. The van der Waals surface area contributed by atoms with Gasteiger partial charge in [0.1, 0.15) is 0 Å². The van der Waals surface area contributed by atoms with Gasteiger partial charge in [-0.3, -0.25) is 0 Å². The van der Waals surface area contributed by atoms with Gasteiger partial charge in [0, 0.05) is 17.1 Å². The SMILES string of the molecule is C=C(C(=O)O)C(C)C(CCC)=C(C=C(C)C(=O)O)C(=O)O. The zero-order valence-electron chi connectivity index (χ0n) is 12.3. The molecule has 0 saturated heterocycles. The lowest BCUT2D eigenvalue weighted by Crippen LogP contribution is -2.15. The number of aliphatic carboxylic acids is 3. The van der Waals surface area contributed by atoms with Crippen molar-refractivity contribution in [2.75, 3.05) is 0 Å². The molecular formula is C15H20O6. The van der Waals surface area contributed by atoms with Crippen molar-refractivity contribution in [3.8, 4) is 0 Å². The summed E-state index contributed by atoms with van der Waals surface area (Å²) in [7, 11) is 0. The van der Waals surface area contributed by atoms with Gasteiger partial charge >= 0.3 is 17.9 Å². The second kappa shape index (κ2) is 8.04. The highest BCUT2D eigenvalue weighted by atomic mass is 16.4. The molecule has 0 fully saturated rings. The molecule has 0 aromatic heterocycles. The molecule has 0 aliphatic heterocycles. The fraction of sp³-hybridized carbons (Fsp3) is 0.400. The minimum absolute atomic E-state index is 0.126. The molecule has 0 aromatic carbocycles. The van der Waals surface area contributed by atoms with Gasteiger partial charge in [0.15, 0.2) is 0 Å². The van der Waals surface area contributed by atoms with Crippen LogP contribution in [0.3, 0.4) is 0 Å². The number of hydrogen-bond acceptors (Lipinski definition) is 3. The third-order valence-corrected chi connectivity index (χ3v) is 3.11. The molecule has 0 bridgehead atoms. The average Bonchev–Trinajstić information content (AvgIpc) is 2.40. The van der Waals surface area contributed by atoms with Crippen LogP contribution in [0, 0.1) is 5.92 Å². The summed E-state index contributed by atoms with van der Waals surface area (Å²) in [5.41, 5.74) is -0.0858. The molecule has 0 aliphatic rings. The summed E-state index contributed by atoms with van der Waals surface area (Å²) < 4.78 is 0. The van der Waals surface area contributed by atoms with Crippen LogP contribution in [0.1, 0.15) is 33.6 Å². The largest absolute Gasteiger partial charge is 0.478 e. The van der Waals surface area contributed by atoms with Gasteiger partial charge in [0.05, 0.1) is 5.57 Å². The third-order valence-electron chi connectivity index (χ3n) is 3.11. The van der Waals surface area contributed by atoms with E-state index >= 15 is 0 Å². The van der Waals surface area contributed by atoms with E-state index in [2.05, 4.69) is 6.58 Å². The van der Waals surface area contributed by atoms with Crippen molar-refractivity contribution in [2.24, 2.45) is 5.92 Å². The lowest BCUT2D eigenvalue weighted by Gasteiger charge is -2.18. The molecule has 21 heavy (non-hydrogen) atoms. The van der Waals surface area contributed by atoms with Crippen LogP contribution in [0.25, 0.3) is 0 Å². The van der Waals surface area contributed by atoms with Gasteiger partial charge in [0.25, 0.3) is 0 Å². The number of allylic oxidation sites excluding steroid dienone is 1. The molecule has 1 unspecified atom stereocenters. The smallest absolute Gasteiger partial charge is 0.335 e. The summed E-state index contributed by atoms with van der Waals surface area (Å²) in [6.45, 7) is 8.11. The molecule has 6 nitrogen and oxygen atoms in total. The second-order valence-electron chi connectivity index (χ2n) is 4.68. The topological polar surface area (TPSA) is 112 Å². The molecule has 0 saturated carbocycles. The van der Waals surface area contributed by atoms with Gasteiger partial charge in [0.2, 0.25) is 0 Å². The van der Waals surface area contributed by atoms with E-state index in [1.807, 2.05) is 6.92 Å². The highest BCUT2D eigenvalue weighted by Gasteiger charge is 2.23. The van der Waals surface area contributed by atoms with Crippen molar-refractivity contribution in [1.29, 1.82) is 0 Å². The molecular weight excluding hydrogens is 276 g/mol. The van der Waals surface area contributed by atoms with E-state index in [0.717, 1.165) is 6.08 Å². The summed E-state index contributed by atoms with van der Waals surface area (Å²) in [5.74, 6) is -4.41. The van der Waals surface area contributed by atoms with Crippen LogP contribution >= 0.6 is 0 Å². The number of carboxylic acid groups (broad SMARTS) is 3. The molecule has 116 valence electrons. The van der Waals surface area contributed by atoms with Crippen LogP contribution in [0.5, 0.6) is 0 Å². The predicted molar refractivity (Wildman–Crippen MR) is 76.9 cm³/mol. The number of hydrogen-bond donors (Lipinski definition) is 3. The van der Waals surface area contributed by atoms with E-state index in [0.29, 0.717) is 18.4 Å². The normalized spacial score (nSPS) is 14.1. The minimum atomic E-state index is -1.29. The second-order valence-corrected chi connectivity index (χ2v) is 4.68. The van der Waals surface area contributed by atoms with E-state index in [4.69, 9.17) is 10.2 Å². The van der Waals surface area contributed by atoms with Crippen LogP contribution in [0.4, 0.5) is 0 Å². The first-order chi connectivity index (χ1) is 9.63. The number of carboxylic acids is 3. The van der Waals surface area contributed by atoms with Gasteiger partial charge in [-0.1, -0.05) is 26.8 Å². The molecule has 6 heteroatoms. The standard InChI is InChI=1S/C15H20O6/c1-5-6-11(9(3)10(4)14(18)19)12(15(20)21)7-8(2)13(16)17/h7,9H,4-6H2,1-3H3,(H,16,17)(H,18,19)(H,20,21). The Labute approximate surface area is 123 Å². The molecule has 3 N–H and O–H groups in total. The van der Waals surface area contributed by atoms with Crippen molar-refractivity contribution >= 4 is 17.9 Å². The molecule has 0 rings (SSSR count). The molecule has 0 spiro atoms. The Morgan fingerprint density at radius 1 is 1.10 bits per heavy atom. The molecule has 0 aliphatic carbocycles. The van der Waals surface area contributed by atoms with Crippen LogP contribution < -0.4 is 0 Å². The Kier molecular flexibility index (Phi) is 7.13. The van der Waals surface area contributed by atoms with E-state index in [9.17, 15) is 19.5 Å². The van der Waals surface area contributed by atoms with Crippen LogP contribution in [-0.4, -0.2) is 33.2 Å². The lowest BCUT2D eigenvalue weighted by atomic mass is 9.86. The summed E-state index contributed by atoms with van der Waals surface area (Å²) >= 11 is 0. The summed E-state index contributed by atoms with van der Waals surface area (Å²) in [6.07, 6.45) is 2.00.